The molecule has 112 valence electrons. The highest BCUT2D eigenvalue weighted by Gasteiger charge is 2.12. The summed E-state index contributed by atoms with van der Waals surface area (Å²) >= 11 is 7.93. The maximum absolute atomic E-state index is 6.28. The van der Waals surface area contributed by atoms with Crippen LogP contribution in [0.15, 0.2) is 60.7 Å². The topological polar surface area (TPSA) is 24.9 Å². The number of rotatable bonds is 5. The second-order valence-corrected chi connectivity index (χ2v) is 6.55. The second-order valence-electron chi connectivity index (χ2n) is 5.11. The molecule has 0 unspecified atom stereocenters. The molecule has 0 spiro atoms. The summed E-state index contributed by atoms with van der Waals surface area (Å²) in [5, 5.41) is 5.09. The Balaban J connectivity index is 1.69. The lowest BCUT2D eigenvalue weighted by Crippen LogP contribution is -2.17. The highest BCUT2D eigenvalue weighted by atomic mass is 35.5. The van der Waals surface area contributed by atoms with E-state index in [1.807, 2.05) is 24.3 Å². The Morgan fingerprint density at radius 2 is 1.68 bits per heavy atom. The standard InChI is InChI=1S/C18H17ClN2S/c1-13(14-8-4-2-5-9-14)20-12-16-21-18(19)17(22-16)15-10-6-3-7-11-15/h2-11,13,20H,12H2,1H3/t13-/m1/s1. The van der Waals surface area contributed by atoms with Crippen LogP contribution in [0.5, 0.6) is 0 Å². The van der Waals surface area contributed by atoms with Gasteiger partial charge in [-0.1, -0.05) is 72.3 Å². The summed E-state index contributed by atoms with van der Waals surface area (Å²) in [5.74, 6) is 0. The van der Waals surface area contributed by atoms with Crippen molar-refractivity contribution in [2.75, 3.05) is 0 Å². The third kappa shape index (κ3) is 3.55. The van der Waals surface area contributed by atoms with Crippen LogP contribution in [-0.2, 0) is 6.54 Å². The molecule has 0 amide bonds. The van der Waals surface area contributed by atoms with Crippen LogP contribution in [-0.4, -0.2) is 4.98 Å². The Bertz CT molecular complexity index is 725. The molecule has 1 N–H and O–H groups in total. The van der Waals surface area contributed by atoms with E-state index in [0.29, 0.717) is 11.7 Å². The van der Waals surface area contributed by atoms with Crippen LogP contribution in [0.1, 0.15) is 23.5 Å². The zero-order valence-corrected chi connectivity index (χ0v) is 13.9. The van der Waals surface area contributed by atoms with Crippen molar-refractivity contribution in [2.24, 2.45) is 0 Å². The lowest BCUT2D eigenvalue weighted by Gasteiger charge is -2.12. The van der Waals surface area contributed by atoms with Crippen molar-refractivity contribution >= 4 is 22.9 Å². The van der Waals surface area contributed by atoms with Crippen molar-refractivity contribution in [1.29, 1.82) is 0 Å². The molecule has 3 rings (SSSR count). The fourth-order valence-corrected chi connectivity index (χ4v) is 3.57. The molecule has 1 aromatic heterocycles. The Labute approximate surface area is 139 Å². The van der Waals surface area contributed by atoms with Gasteiger partial charge in [0.2, 0.25) is 0 Å². The first-order chi connectivity index (χ1) is 10.7. The Hall–Kier alpha value is -1.68. The number of hydrogen-bond donors (Lipinski definition) is 1. The van der Waals surface area contributed by atoms with E-state index in [2.05, 4.69) is 53.6 Å². The predicted molar refractivity (Wildman–Crippen MR) is 94.3 cm³/mol. The monoisotopic (exact) mass is 328 g/mol. The molecule has 4 heteroatoms. The van der Waals surface area contributed by atoms with E-state index in [9.17, 15) is 0 Å². The van der Waals surface area contributed by atoms with Crippen molar-refractivity contribution in [1.82, 2.24) is 10.3 Å². The van der Waals surface area contributed by atoms with Gasteiger partial charge in [-0.05, 0) is 18.1 Å². The van der Waals surface area contributed by atoms with Gasteiger partial charge in [-0.3, -0.25) is 0 Å². The maximum atomic E-state index is 6.28. The molecule has 0 fully saturated rings. The summed E-state index contributed by atoms with van der Waals surface area (Å²) in [6.07, 6.45) is 0. The molecular formula is C18H17ClN2S. The molecule has 0 aliphatic rings. The Kier molecular flexibility index (Phi) is 4.88. The van der Waals surface area contributed by atoms with Gasteiger partial charge in [-0.2, -0.15) is 0 Å². The number of hydrogen-bond acceptors (Lipinski definition) is 3. The SMILES string of the molecule is C[C@@H](NCc1nc(Cl)c(-c2ccccc2)s1)c1ccccc1. The highest BCUT2D eigenvalue weighted by Crippen LogP contribution is 2.33. The normalized spacial score (nSPS) is 12.3. The third-order valence-electron chi connectivity index (χ3n) is 3.53. The van der Waals surface area contributed by atoms with E-state index >= 15 is 0 Å². The van der Waals surface area contributed by atoms with E-state index < -0.39 is 0 Å². The average molecular weight is 329 g/mol. The van der Waals surface area contributed by atoms with Crippen LogP contribution >= 0.6 is 22.9 Å². The number of halogens is 1. The van der Waals surface area contributed by atoms with Gasteiger partial charge in [0.1, 0.15) is 10.2 Å². The Morgan fingerprint density at radius 1 is 1.05 bits per heavy atom. The van der Waals surface area contributed by atoms with Gasteiger partial charge in [0.05, 0.1) is 4.88 Å². The van der Waals surface area contributed by atoms with E-state index in [1.165, 1.54) is 5.56 Å². The zero-order chi connectivity index (χ0) is 15.4. The number of nitrogens with zero attached hydrogens (tertiary/aromatic N) is 1. The van der Waals surface area contributed by atoms with Gasteiger partial charge in [-0.25, -0.2) is 4.98 Å². The molecule has 3 aromatic rings. The highest BCUT2D eigenvalue weighted by molar-refractivity contribution is 7.15. The number of aromatic nitrogens is 1. The van der Waals surface area contributed by atoms with Gasteiger partial charge >= 0.3 is 0 Å². The van der Waals surface area contributed by atoms with Crippen LogP contribution in [0.2, 0.25) is 5.15 Å². The fraction of sp³-hybridized carbons (Fsp3) is 0.167. The smallest absolute Gasteiger partial charge is 0.148 e. The van der Waals surface area contributed by atoms with Crippen LogP contribution in [0, 0.1) is 0 Å². The van der Waals surface area contributed by atoms with Gasteiger partial charge < -0.3 is 5.32 Å². The lowest BCUT2D eigenvalue weighted by molar-refractivity contribution is 0.573. The molecule has 0 saturated carbocycles. The van der Waals surface area contributed by atoms with E-state index in [4.69, 9.17) is 11.6 Å². The summed E-state index contributed by atoms with van der Waals surface area (Å²) in [6, 6.07) is 20.8. The van der Waals surface area contributed by atoms with Crippen molar-refractivity contribution in [2.45, 2.75) is 19.5 Å². The van der Waals surface area contributed by atoms with Gasteiger partial charge in [0.25, 0.3) is 0 Å². The first kappa shape index (κ1) is 15.2. The van der Waals surface area contributed by atoms with E-state index in [-0.39, 0.29) is 6.04 Å². The molecule has 1 atom stereocenters. The van der Waals surface area contributed by atoms with Crippen LogP contribution < -0.4 is 5.32 Å². The minimum Gasteiger partial charge on any atom is -0.304 e. The number of thiazole rings is 1. The quantitative estimate of drug-likeness (QED) is 0.686. The van der Waals surface area contributed by atoms with Crippen molar-refractivity contribution in [3.63, 3.8) is 0 Å². The number of nitrogens with one attached hydrogen (secondary N) is 1. The molecule has 0 radical (unpaired) electrons. The summed E-state index contributed by atoms with van der Waals surface area (Å²) in [6.45, 7) is 2.87. The largest absolute Gasteiger partial charge is 0.304 e. The molecule has 0 bridgehead atoms. The summed E-state index contributed by atoms with van der Waals surface area (Å²) < 4.78 is 0. The predicted octanol–water partition coefficient (Wildman–Crippen LogP) is 5.31. The van der Waals surface area contributed by atoms with Crippen molar-refractivity contribution < 1.29 is 0 Å². The van der Waals surface area contributed by atoms with Crippen molar-refractivity contribution in [3.05, 3.63) is 76.4 Å². The second kappa shape index (κ2) is 7.05. The van der Waals surface area contributed by atoms with E-state index in [1.54, 1.807) is 11.3 Å². The summed E-state index contributed by atoms with van der Waals surface area (Å²) in [5.41, 5.74) is 2.39. The van der Waals surface area contributed by atoms with Crippen molar-refractivity contribution in [3.8, 4) is 10.4 Å². The number of benzene rings is 2. The molecule has 0 aliphatic heterocycles. The first-order valence-electron chi connectivity index (χ1n) is 7.23. The Morgan fingerprint density at radius 3 is 2.36 bits per heavy atom. The molecule has 2 aromatic carbocycles. The summed E-state index contributed by atoms with van der Waals surface area (Å²) in [4.78, 5) is 5.51. The molecule has 22 heavy (non-hydrogen) atoms. The van der Waals surface area contributed by atoms with E-state index in [0.717, 1.165) is 15.4 Å². The van der Waals surface area contributed by atoms with Crippen LogP contribution in [0.25, 0.3) is 10.4 Å². The minimum absolute atomic E-state index is 0.282. The molecular weight excluding hydrogens is 312 g/mol. The lowest BCUT2D eigenvalue weighted by atomic mass is 10.1. The van der Waals surface area contributed by atoms with Gasteiger partial charge in [0, 0.05) is 12.6 Å². The zero-order valence-electron chi connectivity index (χ0n) is 12.3. The molecule has 0 saturated heterocycles. The minimum atomic E-state index is 0.282. The molecule has 0 aliphatic carbocycles. The summed E-state index contributed by atoms with van der Waals surface area (Å²) in [7, 11) is 0. The van der Waals surface area contributed by atoms with Crippen LogP contribution in [0.4, 0.5) is 0 Å². The molecule has 1 heterocycles. The van der Waals surface area contributed by atoms with Gasteiger partial charge in [0.15, 0.2) is 0 Å². The van der Waals surface area contributed by atoms with Gasteiger partial charge in [-0.15, -0.1) is 11.3 Å². The fourth-order valence-electron chi connectivity index (χ4n) is 2.29. The molecule has 2 nitrogen and oxygen atoms in total. The average Bonchev–Trinajstić information content (AvgIpc) is 2.95. The first-order valence-corrected chi connectivity index (χ1v) is 8.42. The maximum Gasteiger partial charge on any atom is 0.148 e. The third-order valence-corrected chi connectivity index (χ3v) is 5.02. The van der Waals surface area contributed by atoms with Crippen LogP contribution in [0.3, 0.4) is 0 Å².